The van der Waals surface area contributed by atoms with Gasteiger partial charge in [0.1, 0.15) is 12.4 Å². The van der Waals surface area contributed by atoms with Crippen LogP contribution in [0, 0.1) is 13.8 Å². The lowest BCUT2D eigenvalue weighted by molar-refractivity contribution is -0.113. The molecule has 1 amide bonds. The molecule has 31 heavy (non-hydrogen) atoms. The summed E-state index contributed by atoms with van der Waals surface area (Å²) < 4.78 is 7.77. The fraction of sp³-hybridized carbons (Fsp3) is 0.208. The van der Waals surface area contributed by atoms with E-state index in [2.05, 4.69) is 27.6 Å². The average molecular weight is 433 g/mol. The fourth-order valence-electron chi connectivity index (χ4n) is 3.32. The van der Waals surface area contributed by atoms with Crippen molar-refractivity contribution in [1.82, 2.24) is 14.8 Å². The standard InChI is InChI=1S/C24H24N4O2S/c1-16-7-6-8-17(2)23(16)25-22(29)15-31-24-27-26-21(28(24)3)14-30-20-12-11-18-9-4-5-10-19(18)13-20/h4-13H,14-15H2,1-3H3,(H,25,29). The van der Waals surface area contributed by atoms with Crippen molar-refractivity contribution >= 4 is 34.1 Å². The molecule has 3 aromatic carbocycles. The van der Waals surface area contributed by atoms with Gasteiger partial charge in [-0.1, -0.05) is 60.3 Å². The van der Waals surface area contributed by atoms with Gasteiger partial charge in [0.15, 0.2) is 11.0 Å². The molecular weight excluding hydrogens is 408 g/mol. The van der Waals surface area contributed by atoms with Crippen LogP contribution in [0.25, 0.3) is 10.8 Å². The smallest absolute Gasteiger partial charge is 0.234 e. The Morgan fingerprint density at radius 1 is 1.00 bits per heavy atom. The third-order valence-corrected chi connectivity index (χ3v) is 6.11. The molecule has 0 spiro atoms. The van der Waals surface area contributed by atoms with Crippen LogP contribution < -0.4 is 10.1 Å². The molecule has 0 atom stereocenters. The molecule has 7 heteroatoms. The number of rotatable bonds is 7. The van der Waals surface area contributed by atoms with Gasteiger partial charge in [0.2, 0.25) is 5.91 Å². The summed E-state index contributed by atoms with van der Waals surface area (Å²) in [4.78, 5) is 12.4. The Labute approximate surface area is 185 Å². The predicted molar refractivity (Wildman–Crippen MR) is 125 cm³/mol. The number of thioether (sulfide) groups is 1. The number of nitrogens with zero attached hydrogens (tertiary/aromatic N) is 3. The second-order valence-corrected chi connectivity index (χ2v) is 8.30. The number of carbonyl (C=O) groups is 1. The molecule has 0 unspecified atom stereocenters. The molecule has 0 bridgehead atoms. The molecule has 0 aliphatic heterocycles. The number of aryl methyl sites for hydroxylation is 2. The molecule has 1 heterocycles. The molecule has 0 radical (unpaired) electrons. The SMILES string of the molecule is Cc1cccc(C)c1NC(=O)CSc1nnc(COc2ccc3ccccc3c2)n1C. The molecule has 1 N–H and O–H groups in total. The number of hydrogen-bond donors (Lipinski definition) is 1. The maximum atomic E-state index is 12.4. The summed E-state index contributed by atoms with van der Waals surface area (Å²) in [5.74, 6) is 1.67. The summed E-state index contributed by atoms with van der Waals surface area (Å²) in [5.41, 5.74) is 2.96. The first kappa shape index (κ1) is 20.9. The number of ether oxygens (including phenoxy) is 1. The molecule has 0 aliphatic rings. The van der Waals surface area contributed by atoms with Crippen LogP contribution in [0.1, 0.15) is 17.0 Å². The van der Waals surface area contributed by atoms with Crippen LogP contribution in [0.5, 0.6) is 5.75 Å². The van der Waals surface area contributed by atoms with Crippen LogP contribution in [0.3, 0.4) is 0 Å². The predicted octanol–water partition coefficient (Wildman–Crippen LogP) is 4.89. The lowest BCUT2D eigenvalue weighted by Crippen LogP contribution is -2.16. The Kier molecular flexibility index (Phi) is 6.23. The lowest BCUT2D eigenvalue weighted by atomic mass is 10.1. The van der Waals surface area contributed by atoms with Crippen LogP contribution in [-0.4, -0.2) is 26.4 Å². The van der Waals surface area contributed by atoms with Crippen LogP contribution in [-0.2, 0) is 18.4 Å². The topological polar surface area (TPSA) is 69.0 Å². The highest BCUT2D eigenvalue weighted by molar-refractivity contribution is 7.99. The second kappa shape index (κ2) is 9.22. The van der Waals surface area contributed by atoms with E-state index in [1.165, 1.54) is 17.1 Å². The molecule has 1 aromatic heterocycles. The van der Waals surface area contributed by atoms with E-state index < -0.39 is 0 Å². The molecule has 0 saturated carbocycles. The van der Waals surface area contributed by atoms with Crippen molar-refractivity contribution in [2.75, 3.05) is 11.1 Å². The first-order chi connectivity index (χ1) is 15.0. The highest BCUT2D eigenvalue weighted by Crippen LogP contribution is 2.23. The van der Waals surface area contributed by atoms with Crippen molar-refractivity contribution < 1.29 is 9.53 Å². The zero-order valence-electron chi connectivity index (χ0n) is 17.8. The average Bonchev–Trinajstić information content (AvgIpc) is 3.12. The second-order valence-electron chi connectivity index (χ2n) is 7.36. The number of nitrogens with one attached hydrogen (secondary N) is 1. The molecule has 6 nitrogen and oxygen atoms in total. The number of para-hydroxylation sites is 1. The zero-order valence-corrected chi connectivity index (χ0v) is 18.6. The van der Waals surface area contributed by atoms with E-state index in [-0.39, 0.29) is 11.7 Å². The van der Waals surface area contributed by atoms with Crippen molar-refractivity contribution in [2.45, 2.75) is 25.6 Å². The quantitative estimate of drug-likeness (QED) is 0.421. The zero-order chi connectivity index (χ0) is 21.8. The Morgan fingerprint density at radius 2 is 1.74 bits per heavy atom. The number of aromatic nitrogens is 3. The van der Waals surface area contributed by atoms with Gasteiger partial charge < -0.3 is 14.6 Å². The van der Waals surface area contributed by atoms with Crippen LogP contribution in [0.15, 0.2) is 65.8 Å². The highest BCUT2D eigenvalue weighted by Gasteiger charge is 2.13. The lowest BCUT2D eigenvalue weighted by Gasteiger charge is -2.11. The van der Waals surface area contributed by atoms with Crippen molar-refractivity contribution in [1.29, 1.82) is 0 Å². The Balaban J connectivity index is 1.35. The van der Waals surface area contributed by atoms with E-state index in [4.69, 9.17) is 4.74 Å². The molecule has 158 valence electrons. The summed E-state index contributed by atoms with van der Waals surface area (Å²) in [5, 5.41) is 14.4. The van der Waals surface area contributed by atoms with E-state index in [1.807, 2.05) is 74.0 Å². The maximum absolute atomic E-state index is 12.4. The Bertz CT molecular complexity index is 1220. The van der Waals surface area contributed by atoms with Crippen LogP contribution in [0.2, 0.25) is 0 Å². The van der Waals surface area contributed by atoms with Gasteiger partial charge >= 0.3 is 0 Å². The Hall–Kier alpha value is -3.32. The van der Waals surface area contributed by atoms with Gasteiger partial charge in [-0.05, 0) is 47.9 Å². The van der Waals surface area contributed by atoms with Crippen molar-refractivity contribution in [3.05, 3.63) is 77.6 Å². The molecule has 0 aliphatic carbocycles. The molecule has 0 fully saturated rings. The molecule has 4 rings (SSSR count). The number of anilines is 1. The largest absolute Gasteiger partial charge is 0.486 e. The summed E-state index contributed by atoms with van der Waals surface area (Å²) >= 11 is 1.35. The number of fused-ring (bicyclic) bond motifs is 1. The number of carbonyl (C=O) groups excluding carboxylic acids is 1. The molecule has 4 aromatic rings. The van der Waals surface area contributed by atoms with Gasteiger partial charge in [0.25, 0.3) is 0 Å². The van der Waals surface area contributed by atoms with Crippen molar-refractivity contribution in [3.63, 3.8) is 0 Å². The number of benzene rings is 3. The number of amides is 1. The van der Waals surface area contributed by atoms with Gasteiger partial charge in [-0.2, -0.15) is 0 Å². The van der Waals surface area contributed by atoms with E-state index in [0.717, 1.165) is 28.0 Å². The van der Waals surface area contributed by atoms with Crippen LogP contribution in [0.4, 0.5) is 5.69 Å². The fourth-order valence-corrected chi connectivity index (χ4v) is 4.05. The minimum atomic E-state index is -0.0700. The van der Waals surface area contributed by atoms with Gasteiger partial charge in [-0.25, -0.2) is 0 Å². The monoisotopic (exact) mass is 432 g/mol. The Morgan fingerprint density at radius 3 is 2.52 bits per heavy atom. The van der Waals surface area contributed by atoms with Crippen molar-refractivity contribution in [3.8, 4) is 5.75 Å². The summed E-state index contributed by atoms with van der Waals surface area (Å²) in [6.07, 6.45) is 0. The summed E-state index contributed by atoms with van der Waals surface area (Å²) in [6, 6.07) is 20.1. The van der Waals surface area contributed by atoms with E-state index in [1.54, 1.807) is 0 Å². The van der Waals surface area contributed by atoms with E-state index >= 15 is 0 Å². The molecule has 0 saturated heterocycles. The van der Waals surface area contributed by atoms with Gasteiger partial charge in [-0.3, -0.25) is 4.79 Å². The number of hydrogen-bond acceptors (Lipinski definition) is 5. The minimum Gasteiger partial charge on any atom is -0.486 e. The third kappa shape index (κ3) is 4.88. The minimum absolute atomic E-state index is 0.0700. The van der Waals surface area contributed by atoms with Gasteiger partial charge in [0, 0.05) is 12.7 Å². The first-order valence-electron chi connectivity index (χ1n) is 10.00. The molecular formula is C24H24N4O2S. The highest BCUT2D eigenvalue weighted by atomic mass is 32.2. The summed E-state index contributed by atoms with van der Waals surface area (Å²) in [6.45, 7) is 4.28. The first-order valence-corrected chi connectivity index (χ1v) is 11.0. The van der Waals surface area contributed by atoms with E-state index in [0.29, 0.717) is 17.6 Å². The van der Waals surface area contributed by atoms with Gasteiger partial charge in [-0.15, -0.1) is 10.2 Å². The normalized spacial score (nSPS) is 10.9. The van der Waals surface area contributed by atoms with E-state index in [9.17, 15) is 4.79 Å². The van der Waals surface area contributed by atoms with Crippen molar-refractivity contribution in [2.24, 2.45) is 7.05 Å². The maximum Gasteiger partial charge on any atom is 0.234 e. The third-order valence-electron chi connectivity index (χ3n) is 5.09. The summed E-state index contributed by atoms with van der Waals surface area (Å²) in [7, 11) is 1.88. The van der Waals surface area contributed by atoms with Crippen LogP contribution >= 0.6 is 11.8 Å². The van der Waals surface area contributed by atoms with Gasteiger partial charge in [0.05, 0.1) is 5.75 Å².